The quantitative estimate of drug-likeness (QED) is 0.845. The minimum absolute atomic E-state index is 0.308. The maximum atomic E-state index is 12.7. The van der Waals surface area contributed by atoms with E-state index in [1.807, 2.05) is 0 Å². The fraction of sp³-hybridized carbons (Fsp3) is 0.100. The molecule has 20 heavy (non-hydrogen) atoms. The fourth-order valence-corrected chi connectivity index (χ4v) is 1.94. The molecule has 0 radical (unpaired) electrons. The van der Waals surface area contributed by atoms with Crippen LogP contribution < -0.4 is 14.9 Å². The Morgan fingerprint density at radius 2 is 1.85 bits per heavy atom. The highest BCUT2D eigenvalue weighted by molar-refractivity contribution is 7.84. The van der Waals surface area contributed by atoms with Crippen LogP contribution in [0.2, 0.25) is 0 Å². The van der Waals surface area contributed by atoms with Crippen molar-refractivity contribution in [3.8, 4) is 5.75 Å². The van der Waals surface area contributed by atoms with Crippen LogP contribution in [-0.2, 0) is 16.5 Å². The van der Waals surface area contributed by atoms with Crippen LogP contribution in [0, 0.1) is 0 Å². The lowest BCUT2D eigenvalue weighted by Gasteiger charge is -2.09. The van der Waals surface area contributed by atoms with Crippen molar-refractivity contribution in [1.29, 1.82) is 0 Å². The van der Waals surface area contributed by atoms with Gasteiger partial charge in [-0.25, -0.2) is 4.79 Å². The Labute approximate surface area is 109 Å². The van der Waals surface area contributed by atoms with Crippen molar-refractivity contribution in [3.05, 3.63) is 40.2 Å². The Kier molecular flexibility index (Phi) is 3.22. The third-order valence-electron chi connectivity index (χ3n) is 2.23. The Balaban J connectivity index is 2.69. The second kappa shape index (κ2) is 4.49. The summed E-state index contributed by atoms with van der Waals surface area (Å²) in [6, 6.07) is 3.02. The lowest BCUT2D eigenvalue weighted by atomic mass is 10.1. The molecule has 2 aromatic rings. The summed E-state index contributed by atoms with van der Waals surface area (Å²) < 4.78 is 68.5. The molecule has 0 fully saturated rings. The first kappa shape index (κ1) is 14.3. The molecule has 2 N–H and O–H groups in total. The lowest BCUT2D eigenvalue weighted by molar-refractivity contribution is -0.136. The van der Waals surface area contributed by atoms with Gasteiger partial charge in [0.25, 0.3) is 0 Å². The normalized spacial score (nSPS) is 12.6. The van der Waals surface area contributed by atoms with Crippen LogP contribution in [-0.4, -0.2) is 8.42 Å². The average Bonchev–Trinajstić information content (AvgIpc) is 2.23. The molecule has 1 aromatic heterocycles. The Morgan fingerprint density at radius 1 is 1.20 bits per heavy atom. The van der Waals surface area contributed by atoms with Gasteiger partial charge in [0.05, 0.1) is 5.56 Å². The predicted octanol–water partition coefficient (Wildman–Crippen LogP) is 1.39. The zero-order valence-corrected chi connectivity index (χ0v) is 10.3. The molecule has 0 atom stereocenters. The standard InChI is InChI=1S/C10H6F3NO5S/c11-10(12,13)7-4-9(15)18-8-3-5(1-2-6(7)8)19-20(14,16)17/h1-4H,(H2,14,16,17). The molecule has 0 unspecified atom stereocenters. The van der Waals surface area contributed by atoms with E-state index in [0.717, 1.165) is 18.2 Å². The first-order valence-electron chi connectivity index (χ1n) is 4.93. The van der Waals surface area contributed by atoms with Crippen molar-refractivity contribution in [3.63, 3.8) is 0 Å². The topological polar surface area (TPSA) is 99.6 Å². The smallest absolute Gasteiger partial charge is 0.417 e. The summed E-state index contributed by atoms with van der Waals surface area (Å²) in [6.07, 6.45) is -4.75. The summed E-state index contributed by atoms with van der Waals surface area (Å²) >= 11 is 0. The Bertz CT molecular complexity index is 825. The monoisotopic (exact) mass is 309 g/mol. The van der Waals surface area contributed by atoms with Gasteiger partial charge in [0, 0.05) is 17.5 Å². The Hall–Kier alpha value is -2.07. The van der Waals surface area contributed by atoms with Crippen molar-refractivity contribution >= 4 is 21.3 Å². The van der Waals surface area contributed by atoms with Crippen molar-refractivity contribution in [2.75, 3.05) is 0 Å². The molecular weight excluding hydrogens is 303 g/mol. The summed E-state index contributed by atoms with van der Waals surface area (Å²) in [6.45, 7) is 0. The number of halogens is 3. The van der Waals surface area contributed by atoms with E-state index in [9.17, 15) is 26.4 Å². The summed E-state index contributed by atoms with van der Waals surface area (Å²) in [7, 11) is -4.34. The number of rotatable bonds is 2. The van der Waals surface area contributed by atoms with Crippen LogP contribution in [0.25, 0.3) is 11.0 Å². The first-order valence-corrected chi connectivity index (χ1v) is 6.41. The summed E-state index contributed by atoms with van der Waals surface area (Å²) in [5.41, 5.74) is -2.88. The number of fused-ring (bicyclic) bond motifs is 1. The van der Waals surface area contributed by atoms with E-state index in [2.05, 4.69) is 13.7 Å². The van der Waals surface area contributed by atoms with Crippen molar-refractivity contribution in [2.45, 2.75) is 6.18 Å². The van der Waals surface area contributed by atoms with Crippen LogP contribution in [0.15, 0.2) is 33.5 Å². The van der Waals surface area contributed by atoms with Gasteiger partial charge in [0.2, 0.25) is 0 Å². The van der Waals surface area contributed by atoms with E-state index in [1.165, 1.54) is 0 Å². The molecule has 0 amide bonds. The maximum absolute atomic E-state index is 12.7. The summed E-state index contributed by atoms with van der Waals surface area (Å²) in [5.74, 6) is -0.373. The van der Waals surface area contributed by atoms with Gasteiger partial charge >= 0.3 is 22.1 Å². The fourth-order valence-electron chi connectivity index (χ4n) is 1.56. The number of alkyl halides is 3. The molecule has 2 rings (SSSR count). The molecule has 6 nitrogen and oxygen atoms in total. The second-order valence-corrected chi connectivity index (χ2v) is 4.86. The van der Waals surface area contributed by atoms with Crippen LogP contribution in [0.4, 0.5) is 13.2 Å². The zero-order chi connectivity index (χ0) is 15.1. The third kappa shape index (κ3) is 3.08. The number of hydrogen-bond donors (Lipinski definition) is 1. The van der Waals surface area contributed by atoms with E-state index in [0.29, 0.717) is 6.07 Å². The molecule has 0 aliphatic heterocycles. The molecule has 0 saturated heterocycles. The van der Waals surface area contributed by atoms with E-state index in [1.54, 1.807) is 0 Å². The highest BCUT2D eigenvalue weighted by Gasteiger charge is 2.33. The largest absolute Gasteiger partial charge is 0.423 e. The zero-order valence-electron chi connectivity index (χ0n) is 9.47. The van der Waals surface area contributed by atoms with E-state index in [4.69, 9.17) is 0 Å². The van der Waals surface area contributed by atoms with Crippen LogP contribution in [0.5, 0.6) is 5.75 Å². The molecule has 10 heteroatoms. The number of hydrogen-bond acceptors (Lipinski definition) is 5. The van der Waals surface area contributed by atoms with E-state index < -0.39 is 38.6 Å². The van der Waals surface area contributed by atoms with Crippen LogP contribution in [0.3, 0.4) is 0 Å². The van der Waals surface area contributed by atoms with Crippen molar-refractivity contribution < 1.29 is 30.2 Å². The second-order valence-electron chi connectivity index (χ2n) is 3.71. The van der Waals surface area contributed by atoms with Gasteiger partial charge in [-0.2, -0.15) is 26.7 Å². The third-order valence-corrected chi connectivity index (χ3v) is 2.66. The highest BCUT2D eigenvalue weighted by Crippen LogP contribution is 2.34. The van der Waals surface area contributed by atoms with Crippen molar-refractivity contribution in [2.24, 2.45) is 5.14 Å². The lowest BCUT2D eigenvalue weighted by Crippen LogP contribution is -2.19. The number of nitrogens with two attached hydrogens (primary N) is 1. The van der Waals surface area contributed by atoms with Gasteiger partial charge in [0.15, 0.2) is 0 Å². The van der Waals surface area contributed by atoms with E-state index in [-0.39, 0.29) is 5.75 Å². The molecule has 0 saturated carbocycles. The van der Waals surface area contributed by atoms with Crippen LogP contribution in [0.1, 0.15) is 5.56 Å². The molecule has 0 spiro atoms. The first-order chi connectivity index (χ1) is 9.06. The van der Waals surface area contributed by atoms with E-state index >= 15 is 0 Å². The average molecular weight is 309 g/mol. The molecule has 1 heterocycles. The van der Waals surface area contributed by atoms with Gasteiger partial charge in [-0.3, -0.25) is 0 Å². The highest BCUT2D eigenvalue weighted by atomic mass is 32.2. The molecule has 0 aliphatic carbocycles. The summed E-state index contributed by atoms with van der Waals surface area (Å²) in [5, 5.41) is 4.21. The molecule has 0 bridgehead atoms. The van der Waals surface area contributed by atoms with Gasteiger partial charge in [-0.1, -0.05) is 0 Å². The predicted molar refractivity (Wildman–Crippen MR) is 61.2 cm³/mol. The molecule has 1 aromatic carbocycles. The SMILES string of the molecule is NS(=O)(=O)Oc1ccc2c(C(F)(F)F)cc(=O)oc2c1. The molecule has 0 aliphatic rings. The van der Waals surface area contributed by atoms with Gasteiger partial charge in [-0.05, 0) is 12.1 Å². The van der Waals surface area contributed by atoms with Gasteiger partial charge < -0.3 is 8.60 Å². The molecular formula is C10H6F3NO5S. The number of benzene rings is 1. The van der Waals surface area contributed by atoms with Crippen LogP contribution >= 0.6 is 0 Å². The minimum atomic E-state index is -4.75. The van der Waals surface area contributed by atoms with Crippen molar-refractivity contribution in [1.82, 2.24) is 0 Å². The maximum Gasteiger partial charge on any atom is 0.417 e. The Morgan fingerprint density at radius 3 is 2.40 bits per heavy atom. The molecule has 108 valence electrons. The summed E-state index contributed by atoms with van der Waals surface area (Å²) in [4.78, 5) is 11.1. The minimum Gasteiger partial charge on any atom is -0.423 e. The van der Waals surface area contributed by atoms with Gasteiger partial charge in [-0.15, -0.1) is 0 Å². The van der Waals surface area contributed by atoms with Gasteiger partial charge in [0.1, 0.15) is 11.3 Å².